The molecule has 0 saturated carbocycles. The molecule has 4 aromatic rings. The van der Waals surface area contributed by atoms with Gasteiger partial charge in [0.2, 0.25) is 59.1 Å². The zero-order valence-corrected chi connectivity index (χ0v) is 82.1. The number of aliphatic carboxylic acids is 6. The first kappa shape index (κ1) is 119. The fourth-order valence-corrected chi connectivity index (χ4v) is 16.4. The van der Waals surface area contributed by atoms with Crippen LogP contribution < -0.4 is 106 Å². The van der Waals surface area contributed by atoms with Crippen molar-refractivity contribution in [3.8, 4) is 0 Å². The van der Waals surface area contributed by atoms with E-state index in [9.17, 15) is 107 Å². The van der Waals surface area contributed by atoms with E-state index in [0.29, 0.717) is 143 Å². The normalized spacial score (nSPS) is 16.6. The highest BCUT2D eigenvalue weighted by atomic mass is 16.4. The van der Waals surface area contributed by atoms with Gasteiger partial charge in [0.25, 0.3) is 0 Å². The van der Waals surface area contributed by atoms with Gasteiger partial charge in [0.1, 0.15) is 48.3 Å². The third-order valence-electron chi connectivity index (χ3n) is 24.3. The Labute approximate surface area is 839 Å². The van der Waals surface area contributed by atoms with Crippen LogP contribution >= 0.6 is 0 Å². The van der Waals surface area contributed by atoms with Gasteiger partial charge >= 0.3 is 47.9 Å². The summed E-state index contributed by atoms with van der Waals surface area (Å²) in [7, 11) is 0. The van der Waals surface area contributed by atoms with E-state index in [0.717, 1.165) is 60.8 Å². The molecule has 44 nitrogen and oxygen atoms in total. The Morgan fingerprint density at radius 3 is 0.764 bits per heavy atom. The van der Waals surface area contributed by atoms with Gasteiger partial charge in [-0.15, -0.1) is 0 Å². The number of benzene rings is 4. The van der Waals surface area contributed by atoms with Gasteiger partial charge in [-0.05, 0) is 112 Å². The number of nitrogens with one attached hydrogen (secondary N) is 20. The lowest BCUT2D eigenvalue weighted by atomic mass is 9.96. The van der Waals surface area contributed by atoms with Crippen LogP contribution in [-0.4, -0.2) is 302 Å². The van der Waals surface area contributed by atoms with E-state index in [1.807, 2.05) is 121 Å². The van der Waals surface area contributed by atoms with Crippen LogP contribution in [0, 0.1) is 0 Å². The van der Waals surface area contributed by atoms with E-state index in [4.69, 9.17) is 10.2 Å². The molecular formula is C100H150N20O24. The number of carboxylic acid groups (broad SMARTS) is 6. The Kier molecular flexibility index (Phi) is 57.1. The Bertz CT molecular complexity index is 4340. The summed E-state index contributed by atoms with van der Waals surface area (Å²) in [4.78, 5) is 231. The predicted molar refractivity (Wildman–Crippen MR) is 533 cm³/mol. The number of unbranched alkanes of at least 4 members (excludes halogenated alkanes) is 10. The molecule has 26 N–H and O–H groups in total. The number of rotatable bonds is 66. The summed E-state index contributed by atoms with van der Waals surface area (Å²) in [5.41, 5.74) is 1.42. The van der Waals surface area contributed by atoms with Gasteiger partial charge in [-0.25, -0.2) is 28.8 Å². The minimum Gasteiger partial charge on any atom is -0.481 e. The number of hydrogen-bond acceptors (Lipinski definition) is 24. The van der Waals surface area contributed by atoms with Crippen LogP contribution in [0.3, 0.4) is 0 Å². The lowest BCUT2D eigenvalue weighted by molar-refractivity contribution is -0.142. The quantitative estimate of drug-likeness (QED) is 0.0276. The maximum atomic E-state index is 14.5. The number of fused-ring (bicyclic) bond motifs is 15. The van der Waals surface area contributed by atoms with Crippen molar-refractivity contribution in [2.45, 2.75) is 265 Å². The van der Waals surface area contributed by atoms with Crippen molar-refractivity contribution in [2.24, 2.45) is 0 Å². The van der Waals surface area contributed by atoms with E-state index in [1.165, 1.54) is 0 Å². The lowest BCUT2D eigenvalue weighted by Crippen LogP contribution is -2.68. The standard InChI is InChI=1S/C100H150N20O24/c121-81(107-49-25-21-37-73(93(135)136)115-97(143)117-75(95(139)140)45-47-87(127)128)39-19-3-1-5-23-51-109-89(131)77(59-69-29-11-7-12-30-69)113-91(133)79(61-71-33-15-9-16-34-71)111-83(123)41-27-43-85(125)119-99-63-101-53-56-104-66-100(67-105-57-54-102-64-99,68-106-58-55-103-65-99)120-86(126)44-28-42-84(124)112-80(62-72-35-17-10-18-36-72)92(134)114-78(60-70-31-13-8-14-32-70)90(132)110-52-24-6-2-4-20-40-82(122)108-50-26-22-38-74(94(137)138)116-98(144)118-76(96(141)142)46-48-88(129)130/h7-18,29-36,73-80,101-106H,1-6,19-28,37-68H2,(H,107,121)(H,108,122)(H,109,131)(H,110,132)(H,111,123)(H,112,124)(H,113,133)(H,114,134)(H,119,125)(H,120,126)(H,127,128)(H,129,130)(H,135,136)(H,137,138)(H,139,140)(H,141,142)(H2,115,117,143)(H2,116,118,144)/t73-,74-,75-,76-,77+,78+,79+,80+,99?,100?/m0/s1. The lowest BCUT2D eigenvalue weighted by Gasteiger charge is -2.39. The van der Waals surface area contributed by atoms with Crippen LogP contribution in [0.2, 0.25) is 0 Å². The summed E-state index contributed by atoms with van der Waals surface area (Å²) in [5, 5.41) is 115. The molecule has 0 aliphatic carbocycles. The molecule has 0 unspecified atom stereocenters. The molecule has 4 aromatic carbocycles. The fraction of sp³-hybridized carbons (Fsp3) is 0.580. The summed E-state index contributed by atoms with van der Waals surface area (Å²) < 4.78 is 0. The minimum absolute atomic E-state index is 0.0135. The summed E-state index contributed by atoms with van der Waals surface area (Å²) in [6.45, 7) is 6.09. The zero-order chi connectivity index (χ0) is 105. The second-order valence-corrected chi connectivity index (χ2v) is 36.5. The number of hydrogen-bond donors (Lipinski definition) is 26. The Morgan fingerprint density at radius 2 is 0.479 bits per heavy atom. The van der Waals surface area contributed by atoms with Gasteiger partial charge in [0.05, 0.1) is 11.1 Å². The first-order valence-electron chi connectivity index (χ1n) is 50.1. The SMILES string of the molecule is O=C(O)CC[C@H](NC(=O)N[C@@H](CCCCNC(=O)CCCCCCCNC(=O)[C@@H](Cc1ccccc1)NC(=O)[C@@H](Cc1ccccc1)NC(=O)CCCC(=O)NC12CNCCNCC(NC(=O)CCCC(=O)N[C@H](Cc3ccccc3)C(=O)N[C@H](Cc3ccccc3)C(=O)NCCCCCCCC(=O)NCCCC[C@H](NC(=O)N[C@@H](CCC(=O)O)C(=O)O)C(=O)O)(CNCCNC1)CNCCNC2)C(=O)O)C(=O)O. The molecule has 2 bridgehead atoms. The molecule has 44 heteroatoms. The van der Waals surface area contributed by atoms with Crippen molar-refractivity contribution in [3.05, 3.63) is 144 Å². The second-order valence-electron chi connectivity index (χ2n) is 36.5. The Hall–Kier alpha value is -13.3. The molecule has 14 amide bonds. The molecule has 3 aliphatic rings. The van der Waals surface area contributed by atoms with Gasteiger partial charge in [0, 0.05) is 182 Å². The molecule has 0 aromatic heterocycles. The van der Waals surface area contributed by atoms with E-state index < -0.39 is 168 Å². The minimum atomic E-state index is -1.53. The first-order chi connectivity index (χ1) is 69.3. The average Bonchev–Trinajstić information content (AvgIpc) is 0.839. The number of urea groups is 2. The van der Waals surface area contributed by atoms with Gasteiger partial charge in [-0.3, -0.25) is 57.5 Å². The van der Waals surface area contributed by atoms with Gasteiger partial charge in [-0.1, -0.05) is 160 Å². The first-order valence-corrected chi connectivity index (χ1v) is 50.1. The maximum absolute atomic E-state index is 14.5. The van der Waals surface area contributed by atoms with E-state index in [-0.39, 0.29) is 127 Å². The van der Waals surface area contributed by atoms with E-state index >= 15 is 0 Å². The van der Waals surface area contributed by atoms with Crippen molar-refractivity contribution >= 4 is 107 Å². The van der Waals surface area contributed by atoms with Crippen molar-refractivity contribution in [1.29, 1.82) is 0 Å². The van der Waals surface area contributed by atoms with Gasteiger partial charge < -0.3 is 137 Å². The summed E-state index contributed by atoms with van der Waals surface area (Å²) in [6, 6.07) is 24.5. The zero-order valence-electron chi connectivity index (χ0n) is 82.1. The molecule has 144 heavy (non-hydrogen) atoms. The topological polar surface area (TPSA) is 669 Å². The highest BCUT2D eigenvalue weighted by Crippen LogP contribution is 2.17. The summed E-state index contributed by atoms with van der Waals surface area (Å²) >= 11 is 0. The predicted octanol–water partition coefficient (Wildman–Crippen LogP) is 1.14. The molecule has 3 fully saturated rings. The third-order valence-corrected chi connectivity index (χ3v) is 24.3. The third kappa shape index (κ3) is 51.6. The smallest absolute Gasteiger partial charge is 0.326 e. The van der Waals surface area contributed by atoms with Crippen molar-refractivity contribution in [3.63, 3.8) is 0 Å². The Balaban J connectivity index is 0.915. The Morgan fingerprint density at radius 1 is 0.236 bits per heavy atom. The molecule has 3 aliphatic heterocycles. The van der Waals surface area contributed by atoms with Crippen molar-refractivity contribution < 1.29 is 117 Å². The van der Waals surface area contributed by atoms with Crippen LogP contribution in [-0.2, 0) is 102 Å². The molecule has 0 radical (unpaired) electrons. The molecule has 3 heterocycles. The number of carbonyl (C=O) groups is 18. The number of amides is 14. The number of carboxylic acids is 6. The maximum Gasteiger partial charge on any atom is 0.326 e. The monoisotopic (exact) mass is 2020 g/mol. The van der Waals surface area contributed by atoms with E-state index in [1.54, 1.807) is 0 Å². The highest BCUT2D eigenvalue weighted by molar-refractivity contribution is 5.94. The molecule has 794 valence electrons. The van der Waals surface area contributed by atoms with Crippen LogP contribution in [0.1, 0.15) is 202 Å². The molecule has 7 rings (SSSR count). The summed E-state index contributed by atoms with van der Waals surface area (Å²) in [5.74, 6) is -12.1. The van der Waals surface area contributed by atoms with Crippen LogP contribution in [0.5, 0.6) is 0 Å². The van der Waals surface area contributed by atoms with Crippen LogP contribution in [0.25, 0.3) is 0 Å². The average molecular weight is 2020 g/mol. The fourth-order valence-electron chi connectivity index (χ4n) is 16.4. The van der Waals surface area contributed by atoms with Gasteiger partial charge in [-0.2, -0.15) is 0 Å². The largest absolute Gasteiger partial charge is 0.481 e. The molecule has 0 spiro atoms. The van der Waals surface area contributed by atoms with Gasteiger partial charge in [0.15, 0.2) is 0 Å². The molecule has 3 saturated heterocycles. The van der Waals surface area contributed by atoms with Crippen molar-refractivity contribution in [2.75, 3.05) is 105 Å². The van der Waals surface area contributed by atoms with Crippen molar-refractivity contribution in [1.82, 2.24) is 106 Å². The van der Waals surface area contributed by atoms with Crippen LogP contribution in [0.15, 0.2) is 121 Å². The van der Waals surface area contributed by atoms with E-state index in [2.05, 4.69) is 106 Å². The number of carbonyl (C=O) groups excluding carboxylic acids is 12. The summed E-state index contributed by atoms with van der Waals surface area (Å²) in [6.07, 6.45) is 7.49. The highest BCUT2D eigenvalue weighted by Gasteiger charge is 2.37. The second kappa shape index (κ2) is 68.8. The van der Waals surface area contributed by atoms with Crippen LogP contribution in [0.4, 0.5) is 9.59 Å². The molecular weight excluding hydrogens is 1870 g/mol. The molecule has 8 atom stereocenters.